The van der Waals surface area contributed by atoms with Crippen molar-refractivity contribution in [2.24, 2.45) is 0 Å². The molecule has 150 valence electrons. The van der Waals surface area contributed by atoms with Crippen molar-refractivity contribution in [3.05, 3.63) is 57.9 Å². The van der Waals surface area contributed by atoms with Gasteiger partial charge in [0.15, 0.2) is 5.78 Å². The molecule has 4 heteroatoms. The third-order valence-corrected chi connectivity index (χ3v) is 5.82. The summed E-state index contributed by atoms with van der Waals surface area (Å²) in [5, 5.41) is 0. The molecule has 2 atom stereocenters. The summed E-state index contributed by atoms with van der Waals surface area (Å²) in [5.74, 6) is -0.145. The lowest BCUT2D eigenvalue weighted by atomic mass is 9.80. The van der Waals surface area contributed by atoms with Crippen LogP contribution in [0.15, 0.2) is 24.3 Å². The number of ether oxygens (including phenoxy) is 1. The van der Waals surface area contributed by atoms with E-state index >= 15 is 0 Å². The number of aromatic amines is 1. The fourth-order valence-corrected chi connectivity index (χ4v) is 3.85. The van der Waals surface area contributed by atoms with Crippen LogP contribution < -0.4 is 0 Å². The smallest absolute Gasteiger partial charge is 0.355 e. The summed E-state index contributed by atoms with van der Waals surface area (Å²) in [6.45, 7) is 12.3. The van der Waals surface area contributed by atoms with Gasteiger partial charge in [0.25, 0.3) is 0 Å². The van der Waals surface area contributed by atoms with E-state index in [-0.39, 0.29) is 29.2 Å². The third kappa shape index (κ3) is 3.91. The maximum absolute atomic E-state index is 12.9. The number of benzene rings is 1. The third-order valence-electron chi connectivity index (χ3n) is 5.82. The number of nitrogens with one attached hydrogen (secondary N) is 1. The van der Waals surface area contributed by atoms with Crippen molar-refractivity contribution in [3.63, 3.8) is 0 Å². The Morgan fingerprint density at radius 1 is 1.21 bits per heavy atom. The second-order valence-electron chi connectivity index (χ2n) is 9.00. The van der Waals surface area contributed by atoms with Gasteiger partial charge in [0, 0.05) is 17.7 Å². The minimum Gasteiger partial charge on any atom is -0.458 e. The molecule has 0 saturated heterocycles. The normalized spacial score (nSPS) is 17.9. The van der Waals surface area contributed by atoms with Crippen LogP contribution in [0.1, 0.15) is 96.6 Å². The second-order valence-corrected chi connectivity index (χ2v) is 9.00. The Hall–Kier alpha value is -2.36. The Morgan fingerprint density at radius 2 is 1.86 bits per heavy atom. The number of Topliss-reactive ketones (excluding diaryl/α,β-unsaturated/α-hetero) is 1. The van der Waals surface area contributed by atoms with E-state index in [4.69, 9.17) is 4.74 Å². The minimum atomic E-state index is -0.375. The van der Waals surface area contributed by atoms with Crippen LogP contribution in [0.3, 0.4) is 0 Å². The first-order valence-electron chi connectivity index (χ1n) is 10.2. The number of carbonyl (C=O) groups excluding carboxylic acids is 2. The van der Waals surface area contributed by atoms with E-state index in [0.29, 0.717) is 17.7 Å². The number of ketones is 1. The molecule has 2 unspecified atom stereocenters. The lowest BCUT2D eigenvalue weighted by Crippen LogP contribution is -2.19. The predicted molar refractivity (Wildman–Crippen MR) is 111 cm³/mol. The van der Waals surface area contributed by atoms with Gasteiger partial charge in [-0.05, 0) is 54.7 Å². The zero-order valence-corrected chi connectivity index (χ0v) is 17.8. The molecule has 0 spiro atoms. The van der Waals surface area contributed by atoms with Crippen LogP contribution >= 0.6 is 0 Å². The highest BCUT2D eigenvalue weighted by Crippen LogP contribution is 2.36. The van der Waals surface area contributed by atoms with Gasteiger partial charge in [0.1, 0.15) is 5.69 Å². The largest absolute Gasteiger partial charge is 0.458 e. The average Bonchev–Trinajstić information content (AvgIpc) is 2.98. The molecule has 0 fully saturated rings. The van der Waals surface area contributed by atoms with Gasteiger partial charge < -0.3 is 9.72 Å². The van der Waals surface area contributed by atoms with E-state index in [1.54, 1.807) is 0 Å². The molecule has 2 aromatic rings. The monoisotopic (exact) mass is 381 g/mol. The Kier molecular flexibility index (Phi) is 5.51. The molecule has 0 aliphatic heterocycles. The highest BCUT2D eigenvalue weighted by Gasteiger charge is 2.32. The minimum absolute atomic E-state index is 0.0995. The summed E-state index contributed by atoms with van der Waals surface area (Å²) < 4.78 is 5.45. The fraction of sp³-hybridized carbons (Fsp3) is 0.500. The van der Waals surface area contributed by atoms with Crippen molar-refractivity contribution in [3.8, 4) is 0 Å². The van der Waals surface area contributed by atoms with Gasteiger partial charge in [-0.1, -0.05) is 52.0 Å². The SMILES string of the molecule is CCC(C)OC(=O)c1[nH]c2c(c1C)C(=O)CC(c1ccc(C(C)(C)C)cc1)C2. The molecule has 0 saturated carbocycles. The van der Waals surface area contributed by atoms with Crippen LogP contribution in [-0.2, 0) is 16.6 Å². The number of hydrogen-bond donors (Lipinski definition) is 1. The molecular formula is C24H31NO3. The molecule has 0 amide bonds. The average molecular weight is 382 g/mol. The van der Waals surface area contributed by atoms with E-state index in [9.17, 15) is 9.59 Å². The number of hydrogen-bond acceptors (Lipinski definition) is 3. The van der Waals surface area contributed by atoms with Gasteiger partial charge in [0.05, 0.1) is 6.10 Å². The van der Waals surface area contributed by atoms with Gasteiger partial charge >= 0.3 is 5.97 Å². The lowest BCUT2D eigenvalue weighted by molar-refractivity contribution is 0.0327. The van der Waals surface area contributed by atoms with Crippen molar-refractivity contribution in [2.75, 3.05) is 0 Å². The molecule has 3 rings (SSSR count). The molecule has 1 aliphatic rings. The van der Waals surface area contributed by atoms with E-state index in [0.717, 1.165) is 24.1 Å². The highest BCUT2D eigenvalue weighted by molar-refractivity contribution is 6.03. The lowest BCUT2D eigenvalue weighted by Gasteiger charge is -2.24. The molecule has 1 aliphatic carbocycles. The standard InChI is InChI=1S/C24H31NO3/c1-7-14(2)28-23(27)22-15(3)21-19(25-22)12-17(13-20(21)26)16-8-10-18(11-9-16)24(4,5)6/h8-11,14,17,25H,7,12-13H2,1-6H3. The second kappa shape index (κ2) is 7.57. The van der Waals surface area contributed by atoms with Crippen LogP contribution in [0.2, 0.25) is 0 Å². The molecular weight excluding hydrogens is 350 g/mol. The number of esters is 1. The summed E-state index contributed by atoms with van der Waals surface area (Å²) in [4.78, 5) is 28.5. The summed E-state index contributed by atoms with van der Waals surface area (Å²) in [6.07, 6.45) is 1.82. The first-order valence-corrected chi connectivity index (χ1v) is 10.2. The Balaban J connectivity index is 1.86. The van der Waals surface area contributed by atoms with Crippen molar-refractivity contribution in [1.29, 1.82) is 0 Å². The van der Waals surface area contributed by atoms with E-state index in [1.807, 2.05) is 20.8 Å². The molecule has 4 nitrogen and oxygen atoms in total. The van der Waals surface area contributed by atoms with Crippen LogP contribution in [0.5, 0.6) is 0 Å². The van der Waals surface area contributed by atoms with Crippen molar-refractivity contribution >= 4 is 11.8 Å². The highest BCUT2D eigenvalue weighted by atomic mass is 16.5. The molecule has 1 N–H and O–H groups in total. The number of rotatable bonds is 4. The van der Waals surface area contributed by atoms with Gasteiger partial charge in [0.2, 0.25) is 0 Å². The van der Waals surface area contributed by atoms with Gasteiger partial charge in [-0.2, -0.15) is 0 Å². The van der Waals surface area contributed by atoms with Crippen LogP contribution in [0.4, 0.5) is 0 Å². The summed E-state index contributed by atoms with van der Waals surface area (Å²) in [7, 11) is 0. The van der Waals surface area contributed by atoms with Gasteiger partial charge in [-0.25, -0.2) is 4.79 Å². The summed E-state index contributed by atoms with van der Waals surface area (Å²) in [6, 6.07) is 8.59. The zero-order valence-electron chi connectivity index (χ0n) is 17.8. The van der Waals surface area contributed by atoms with E-state index in [1.165, 1.54) is 11.1 Å². The summed E-state index contributed by atoms with van der Waals surface area (Å²) in [5.41, 5.74) is 5.23. The molecule has 1 heterocycles. The summed E-state index contributed by atoms with van der Waals surface area (Å²) >= 11 is 0. The molecule has 1 aromatic heterocycles. The number of aromatic nitrogens is 1. The van der Waals surface area contributed by atoms with Crippen LogP contribution in [0.25, 0.3) is 0 Å². The quantitative estimate of drug-likeness (QED) is 0.713. The maximum atomic E-state index is 12.9. The predicted octanol–water partition coefficient (Wildman–Crippen LogP) is 5.49. The van der Waals surface area contributed by atoms with Gasteiger partial charge in [-0.3, -0.25) is 4.79 Å². The van der Waals surface area contributed by atoms with E-state index < -0.39 is 0 Å². The Bertz CT molecular complexity index is 884. The molecule has 28 heavy (non-hydrogen) atoms. The number of H-pyrrole nitrogens is 1. The Morgan fingerprint density at radius 3 is 2.43 bits per heavy atom. The molecule has 0 radical (unpaired) electrons. The topological polar surface area (TPSA) is 59.2 Å². The van der Waals surface area contributed by atoms with Crippen LogP contribution in [-0.4, -0.2) is 22.8 Å². The fourth-order valence-electron chi connectivity index (χ4n) is 3.85. The number of fused-ring (bicyclic) bond motifs is 1. The van der Waals surface area contributed by atoms with Crippen molar-refractivity contribution in [1.82, 2.24) is 4.98 Å². The maximum Gasteiger partial charge on any atom is 0.355 e. The van der Waals surface area contributed by atoms with Crippen molar-refractivity contribution < 1.29 is 14.3 Å². The zero-order chi connectivity index (χ0) is 20.6. The molecule has 1 aromatic carbocycles. The first kappa shape index (κ1) is 20.4. The Labute approximate surface area is 167 Å². The first-order chi connectivity index (χ1) is 13.1. The molecule has 0 bridgehead atoms. The van der Waals surface area contributed by atoms with Gasteiger partial charge in [-0.15, -0.1) is 0 Å². The van der Waals surface area contributed by atoms with E-state index in [2.05, 4.69) is 50.0 Å². The number of carbonyl (C=O) groups is 2. The van der Waals surface area contributed by atoms with Crippen molar-refractivity contribution in [2.45, 2.75) is 78.2 Å². The van der Waals surface area contributed by atoms with Crippen LogP contribution in [0, 0.1) is 6.92 Å².